The largest absolute Gasteiger partial charge is 0.497 e. The fourth-order valence-corrected chi connectivity index (χ4v) is 5.75. The molecule has 5 aromatic carbocycles. The van der Waals surface area contributed by atoms with Gasteiger partial charge in [0.25, 0.3) is 5.91 Å². The van der Waals surface area contributed by atoms with Crippen molar-refractivity contribution in [2.45, 2.75) is 6.42 Å². The third-order valence-electron chi connectivity index (χ3n) is 6.55. The van der Waals surface area contributed by atoms with E-state index in [1.54, 1.807) is 12.0 Å². The van der Waals surface area contributed by atoms with Gasteiger partial charge in [-0.3, -0.25) is 9.69 Å². The van der Waals surface area contributed by atoms with Gasteiger partial charge < -0.3 is 9.84 Å². The number of aliphatic hydroxyl groups is 1. The minimum Gasteiger partial charge on any atom is -0.497 e. The molecule has 1 N–H and O–H groups in total. The van der Waals surface area contributed by atoms with Gasteiger partial charge in [0.2, 0.25) is 0 Å². The summed E-state index contributed by atoms with van der Waals surface area (Å²) >= 11 is 1.47. The molecule has 1 heterocycles. The summed E-state index contributed by atoms with van der Waals surface area (Å²) in [7, 11) is 1.62. The molecule has 0 aliphatic carbocycles. The topological polar surface area (TPSA) is 62.1 Å². The predicted molar refractivity (Wildman–Crippen MR) is 150 cm³/mol. The van der Waals surface area contributed by atoms with Crippen LogP contribution in [0.4, 0.5) is 5.69 Å². The highest BCUT2D eigenvalue weighted by Crippen LogP contribution is 2.37. The first kappa shape index (κ1) is 22.6. The van der Waals surface area contributed by atoms with Gasteiger partial charge in [0.15, 0.2) is 5.17 Å². The second-order valence-corrected chi connectivity index (χ2v) is 9.76. The number of carbonyl (C=O) groups excluding carboxylic acids is 1. The number of hydrogen-bond acceptors (Lipinski definition) is 5. The van der Waals surface area contributed by atoms with Gasteiger partial charge in [-0.25, -0.2) is 4.99 Å². The molecule has 0 bridgehead atoms. The van der Waals surface area contributed by atoms with E-state index in [2.05, 4.69) is 54.6 Å². The molecule has 36 heavy (non-hydrogen) atoms. The van der Waals surface area contributed by atoms with Crippen molar-refractivity contribution in [1.82, 2.24) is 0 Å². The van der Waals surface area contributed by atoms with Crippen molar-refractivity contribution in [3.05, 3.63) is 90.1 Å². The Kier molecular flexibility index (Phi) is 5.83. The summed E-state index contributed by atoms with van der Waals surface area (Å²) in [6, 6.07) is 26.5. The smallest absolute Gasteiger partial charge is 0.283 e. The van der Waals surface area contributed by atoms with E-state index in [0.29, 0.717) is 23.0 Å². The molecule has 0 atom stereocenters. The molecule has 0 radical (unpaired) electrons. The summed E-state index contributed by atoms with van der Waals surface area (Å²) in [6.45, 7) is 0.0994. The fourth-order valence-electron chi connectivity index (χ4n) is 4.81. The zero-order valence-electron chi connectivity index (χ0n) is 19.8. The second-order valence-electron chi connectivity index (χ2n) is 8.70. The molecule has 0 unspecified atom stereocenters. The van der Waals surface area contributed by atoms with Gasteiger partial charge in [-0.2, -0.15) is 0 Å². The van der Waals surface area contributed by atoms with Gasteiger partial charge in [0.05, 0.1) is 12.8 Å². The summed E-state index contributed by atoms with van der Waals surface area (Å²) in [6.07, 6.45) is 2.52. The molecule has 0 saturated carbocycles. The van der Waals surface area contributed by atoms with E-state index in [1.165, 1.54) is 38.7 Å². The monoisotopic (exact) mass is 492 g/mol. The van der Waals surface area contributed by atoms with Crippen LogP contribution in [0.3, 0.4) is 0 Å². The minimum absolute atomic E-state index is 0.0994. The van der Waals surface area contributed by atoms with Crippen molar-refractivity contribution in [3.63, 3.8) is 0 Å². The summed E-state index contributed by atoms with van der Waals surface area (Å²) in [5, 5.41) is 17.0. The molecule has 5 nitrogen and oxygen atoms in total. The second kappa shape index (κ2) is 9.30. The molecule has 0 spiro atoms. The SMILES string of the molecule is COc1ccc(N2C(=O)/C(=C/c3ccc4ccc5cccc6ccc3c4c56)N=C2SCCCO)cc1. The number of aliphatic hydroxyl groups excluding tert-OH is 1. The normalized spacial score (nSPS) is 15.1. The molecule has 6 heteroatoms. The third-order valence-corrected chi connectivity index (χ3v) is 7.57. The first-order valence-electron chi connectivity index (χ1n) is 11.9. The van der Waals surface area contributed by atoms with Gasteiger partial charge in [0.1, 0.15) is 11.4 Å². The number of benzene rings is 5. The van der Waals surface area contributed by atoms with Crippen molar-refractivity contribution in [2.75, 3.05) is 24.4 Å². The number of thioether (sulfide) groups is 1. The summed E-state index contributed by atoms with van der Waals surface area (Å²) < 4.78 is 5.28. The number of carbonyl (C=O) groups is 1. The van der Waals surface area contributed by atoms with Gasteiger partial charge in [-0.1, -0.05) is 66.4 Å². The lowest BCUT2D eigenvalue weighted by Gasteiger charge is -2.18. The summed E-state index contributed by atoms with van der Waals surface area (Å²) in [4.78, 5) is 20.0. The van der Waals surface area contributed by atoms with E-state index in [4.69, 9.17) is 9.73 Å². The molecule has 178 valence electrons. The standard InChI is InChI=1S/C30H24N2O3S/c1-35-24-13-11-23(12-14-24)32-29(34)26(31-30(32)36-17-3-16-33)18-22-9-8-21-7-6-19-4-2-5-20-10-15-25(22)28(21)27(19)20/h2,4-15,18,33H,3,16-17H2,1H3/b26-18-. The maximum absolute atomic E-state index is 13.6. The molecule has 1 aliphatic rings. The molecule has 0 aromatic heterocycles. The lowest BCUT2D eigenvalue weighted by molar-refractivity contribution is -0.113. The number of methoxy groups -OCH3 is 1. The van der Waals surface area contributed by atoms with Crippen LogP contribution in [0.5, 0.6) is 5.75 Å². The average Bonchev–Trinajstić information content (AvgIpc) is 3.22. The Hall–Kier alpha value is -3.87. The first-order chi connectivity index (χ1) is 17.7. The van der Waals surface area contributed by atoms with E-state index in [0.717, 1.165) is 22.4 Å². The van der Waals surface area contributed by atoms with Gasteiger partial charge in [0, 0.05) is 12.4 Å². The number of ether oxygens (including phenoxy) is 1. The molecule has 0 saturated heterocycles. The molecule has 1 aliphatic heterocycles. The van der Waals surface area contributed by atoms with Gasteiger partial charge in [-0.05, 0) is 74.6 Å². The number of hydrogen-bond donors (Lipinski definition) is 1. The summed E-state index contributed by atoms with van der Waals surface area (Å²) in [5.41, 5.74) is 2.09. The van der Waals surface area contributed by atoms with Gasteiger partial charge in [-0.15, -0.1) is 0 Å². The highest BCUT2D eigenvalue weighted by atomic mass is 32.2. The maximum Gasteiger partial charge on any atom is 0.283 e. The van der Waals surface area contributed by atoms with Crippen LogP contribution in [0.15, 0.2) is 89.6 Å². The highest BCUT2D eigenvalue weighted by Gasteiger charge is 2.32. The van der Waals surface area contributed by atoms with Crippen LogP contribution in [-0.2, 0) is 4.79 Å². The zero-order chi connectivity index (χ0) is 24.6. The predicted octanol–water partition coefficient (Wildman–Crippen LogP) is 6.45. The van der Waals surface area contributed by atoms with E-state index in [9.17, 15) is 9.90 Å². The molecule has 0 fully saturated rings. The Morgan fingerprint density at radius 1 is 0.917 bits per heavy atom. The quantitative estimate of drug-likeness (QED) is 0.168. The minimum atomic E-state index is -0.169. The van der Waals surface area contributed by atoms with E-state index >= 15 is 0 Å². The molecular weight excluding hydrogens is 468 g/mol. The molecule has 1 amide bonds. The number of nitrogens with zero attached hydrogens (tertiary/aromatic N) is 2. The first-order valence-corrected chi connectivity index (χ1v) is 12.9. The fraction of sp³-hybridized carbons (Fsp3) is 0.133. The van der Waals surface area contributed by atoms with Crippen LogP contribution < -0.4 is 9.64 Å². The highest BCUT2D eigenvalue weighted by molar-refractivity contribution is 8.14. The van der Waals surface area contributed by atoms with E-state index in [-0.39, 0.29) is 12.5 Å². The average molecular weight is 493 g/mol. The number of amidine groups is 1. The summed E-state index contributed by atoms with van der Waals surface area (Å²) in [5.74, 6) is 1.22. The van der Waals surface area contributed by atoms with Crippen LogP contribution in [0.25, 0.3) is 38.4 Å². The van der Waals surface area contributed by atoms with E-state index in [1.807, 2.05) is 30.3 Å². The zero-order valence-corrected chi connectivity index (χ0v) is 20.6. The Balaban J connectivity index is 1.46. The van der Waals surface area contributed by atoms with Crippen molar-refractivity contribution < 1.29 is 14.6 Å². The Morgan fingerprint density at radius 2 is 1.61 bits per heavy atom. The lowest BCUT2D eigenvalue weighted by atomic mass is 9.92. The lowest BCUT2D eigenvalue weighted by Crippen LogP contribution is -2.30. The maximum atomic E-state index is 13.6. The number of anilines is 1. The molecule has 6 rings (SSSR count). The van der Waals surface area contributed by atoms with Crippen LogP contribution in [-0.4, -0.2) is 35.7 Å². The number of amides is 1. The van der Waals surface area contributed by atoms with Crippen molar-refractivity contribution in [2.24, 2.45) is 4.99 Å². The molecule has 5 aromatic rings. The Morgan fingerprint density at radius 3 is 2.33 bits per heavy atom. The number of rotatable bonds is 6. The van der Waals surface area contributed by atoms with Gasteiger partial charge >= 0.3 is 0 Å². The van der Waals surface area contributed by atoms with Crippen LogP contribution in [0.1, 0.15) is 12.0 Å². The Labute approximate surface area is 213 Å². The van der Waals surface area contributed by atoms with Crippen molar-refractivity contribution in [1.29, 1.82) is 0 Å². The third kappa shape index (κ3) is 3.79. The van der Waals surface area contributed by atoms with Crippen LogP contribution >= 0.6 is 11.8 Å². The van der Waals surface area contributed by atoms with Crippen LogP contribution in [0.2, 0.25) is 0 Å². The number of aliphatic imine (C=N–C) groups is 1. The van der Waals surface area contributed by atoms with Crippen LogP contribution in [0, 0.1) is 0 Å². The molecular formula is C30H24N2O3S. The van der Waals surface area contributed by atoms with Crippen molar-refractivity contribution >= 4 is 66.9 Å². The van der Waals surface area contributed by atoms with Crippen molar-refractivity contribution in [3.8, 4) is 5.75 Å². The Bertz CT molecular complexity index is 1640. The van der Waals surface area contributed by atoms with E-state index < -0.39 is 0 Å².